The molecule has 0 aliphatic carbocycles. The average Bonchev–Trinajstić information content (AvgIpc) is 3.09. The molecule has 0 spiro atoms. The number of aromatic nitrogens is 2. The summed E-state index contributed by atoms with van der Waals surface area (Å²) in [6.45, 7) is 0. The van der Waals surface area contributed by atoms with Gasteiger partial charge in [-0.25, -0.2) is 0 Å². The molecule has 0 atom stereocenters. The summed E-state index contributed by atoms with van der Waals surface area (Å²) in [4.78, 5) is 0. The van der Waals surface area contributed by atoms with Crippen LogP contribution in [0.1, 0.15) is 5.56 Å². The van der Waals surface area contributed by atoms with Gasteiger partial charge in [0.05, 0.1) is 6.26 Å². The van der Waals surface area contributed by atoms with Crippen molar-refractivity contribution in [3.05, 3.63) is 52.7 Å². The lowest BCUT2D eigenvalue weighted by Crippen LogP contribution is -1.80. The Balaban J connectivity index is 1.66. The fraction of sp³-hybridized carbons (Fsp3) is 0.0769. The van der Waals surface area contributed by atoms with E-state index < -0.39 is 0 Å². The Morgan fingerprint density at radius 1 is 1.11 bits per heavy atom. The Morgan fingerprint density at radius 3 is 2.68 bits per heavy atom. The van der Waals surface area contributed by atoms with Gasteiger partial charge in [-0.1, -0.05) is 39.8 Å². The van der Waals surface area contributed by atoms with Gasteiger partial charge in [0.2, 0.25) is 0 Å². The standard InChI is InChI=1S/C13H9BrN2O2S/c14-10-5-3-9(4-6-10)8-19-13-16-15-12(18-13)11-2-1-7-17-11/h1-7H,8H2. The van der Waals surface area contributed by atoms with E-state index >= 15 is 0 Å². The predicted molar refractivity (Wildman–Crippen MR) is 75.7 cm³/mol. The lowest BCUT2D eigenvalue weighted by Gasteiger charge is -1.97. The minimum Gasteiger partial charge on any atom is -0.459 e. The first kappa shape index (κ1) is 12.5. The van der Waals surface area contributed by atoms with Crippen molar-refractivity contribution in [1.29, 1.82) is 0 Å². The van der Waals surface area contributed by atoms with E-state index in [1.54, 1.807) is 18.4 Å². The van der Waals surface area contributed by atoms with Crippen molar-refractivity contribution >= 4 is 27.7 Å². The Labute approximate surface area is 122 Å². The Morgan fingerprint density at radius 2 is 1.95 bits per heavy atom. The number of thioether (sulfide) groups is 1. The van der Waals surface area contributed by atoms with Crippen LogP contribution in [-0.4, -0.2) is 10.2 Å². The quantitative estimate of drug-likeness (QED) is 0.661. The van der Waals surface area contributed by atoms with Gasteiger partial charge in [-0.15, -0.1) is 10.2 Å². The number of halogens is 1. The highest BCUT2D eigenvalue weighted by atomic mass is 79.9. The van der Waals surface area contributed by atoms with Gasteiger partial charge in [0.15, 0.2) is 5.76 Å². The number of nitrogens with zero attached hydrogens (tertiary/aromatic N) is 2. The summed E-state index contributed by atoms with van der Waals surface area (Å²) in [5.74, 6) is 1.78. The van der Waals surface area contributed by atoms with Gasteiger partial charge >= 0.3 is 0 Å². The molecule has 2 aromatic heterocycles. The second-order valence-corrected chi connectivity index (χ2v) is 5.61. The van der Waals surface area contributed by atoms with Gasteiger partial charge < -0.3 is 8.83 Å². The smallest absolute Gasteiger partial charge is 0.284 e. The Hall–Kier alpha value is -1.53. The minimum atomic E-state index is 0.406. The molecule has 2 heterocycles. The molecule has 3 rings (SSSR count). The van der Waals surface area contributed by atoms with Gasteiger partial charge in [0, 0.05) is 10.2 Å². The number of furan rings is 1. The van der Waals surface area contributed by atoms with E-state index in [0.717, 1.165) is 10.2 Å². The fourth-order valence-corrected chi connectivity index (χ4v) is 2.48. The van der Waals surface area contributed by atoms with Crippen LogP contribution in [0.2, 0.25) is 0 Å². The summed E-state index contributed by atoms with van der Waals surface area (Å²) < 4.78 is 11.8. The molecule has 1 aromatic carbocycles. The normalized spacial score (nSPS) is 10.8. The summed E-state index contributed by atoms with van der Waals surface area (Å²) in [6.07, 6.45) is 1.58. The zero-order chi connectivity index (χ0) is 13.1. The maximum atomic E-state index is 5.51. The first-order chi connectivity index (χ1) is 9.31. The van der Waals surface area contributed by atoms with E-state index in [1.165, 1.54) is 17.3 Å². The predicted octanol–water partition coefficient (Wildman–Crippen LogP) is 4.38. The van der Waals surface area contributed by atoms with Crippen molar-refractivity contribution in [2.45, 2.75) is 11.0 Å². The molecule has 3 aromatic rings. The average molecular weight is 337 g/mol. The first-order valence-corrected chi connectivity index (χ1v) is 7.34. The van der Waals surface area contributed by atoms with E-state index in [-0.39, 0.29) is 0 Å². The van der Waals surface area contributed by atoms with Crippen LogP contribution in [-0.2, 0) is 5.75 Å². The molecule has 0 saturated carbocycles. The Kier molecular flexibility index (Phi) is 3.70. The SMILES string of the molecule is Brc1ccc(CSc2nnc(-c3ccco3)o2)cc1. The molecule has 0 aliphatic rings. The molecule has 4 nitrogen and oxygen atoms in total. The van der Waals surface area contributed by atoms with Crippen LogP contribution in [0, 0.1) is 0 Å². The number of hydrogen-bond donors (Lipinski definition) is 0. The van der Waals surface area contributed by atoms with E-state index in [4.69, 9.17) is 8.83 Å². The summed E-state index contributed by atoms with van der Waals surface area (Å²) in [5, 5.41) is 8.46. The van der Waals surface area contributed by atoms with Crippen molar-refractivity contribution < 1.29 is 8.83 Å². The third kappa shape index (κ3) is 3.08. The zero-order valence-electron chi connectivity index (χ0n) is 9.75. The molecule has 96 valence electrons. The number of hydrogen-bond acceptors (Lipinski definition) is 5. The number of benzene rings is 1. The molecule has 0 unspecified atom stereocenters. The monoisotopic (exact) mass is 336 g/mol. The summed E-state index contributed by atoms with van der Waals surface area (Å²) in [6, 6.07) is 11.7. The molecule has 0 N–H and O–H groups in total. The molecule has 6 heteroatoms. The molecule has 0 amide bonds. The molecular formula is C13H9BrN2O2S. The number of rotatable bonds is 4. The highest BCUT2D eigenvalue weighted by Gasteiger charge is 2.11. The summed E-state index contributed by atoms with van der Waals surface area (Å²) >= 11 is 4.91. The van der Waals surface area contributed by atoms with E-state index in [0.29, 0.717) is 16.9 Å². The van der Waals surface area contributed by atoms with Crippen LogP contribution < -0.4 is 0 Å². The van der Waals surface area contributed by atoms with Crippen LogP contribution >= 0.6 is 27.7 Å². The van der Waals surface area contributed by atoms with Crippen LogP contribution in [0.15, 0.2) is 61.2 Å². The van der Waals surface area contributed by atoms with Crippen molar-refractivity contribution in [3.63, 3.8) is 0 Å². The molecule has 0 saturated heterocycles. The van der Waals surface area contributed by atoms with E-state index in [2.05, 4.69) is 38.3 Å². The maximum Gasteiger partial charge on any atom is 0.284 e. The highest BCUT2D eigenvalue weighted by molar-refractivity contribution is 9.10. The topological polar surface area (TPSA) is 52.1 Å². The van der Waals surface area contributed by atoms with E-state index in [9.17, 15) is 0 Å². The first-order valence-electron chi connectivity index (χ1n) is 5.56. The molecule has 19 heavy (non-hydrogen) atoms. The largest absolute Gasteiger partial charge is 0.459 e. The van der Waals surface area contributed by atoms with Crippen molar-refractivity contribution in [1.82, 2.24) is 10.2 Å². The Bertz CT molecular complexity index is 650. The van der Waals surface area contributed by atoms with Crippen molar-refractivity contribution in [2.24, 2.45) is 0 Å². The molecular weight excluding hydrogens is 328 g/mol. The third-order valence-corrected chi connectivity index (χ3v) is 3.83. The third-order valence-electron chi connectivity index (χ3n) is 2.41. The van der Waals surface area contributed by atoms with E-state index in [1.807, 2.05) is 12.1 Å². The lowest BCUT2D eigenvalue weighted by atomic mass is 10.2. The van der Waals surface area contributed by atoms with Crippen molar-refractivity contribution in [3.8, 4) is 11.7 Å². The van der Waals surface area contributed by atoms with Gasteiger partial charge in [0.1, 0.15) is 0 Å². The van der Waals surface area contributed by atoms with Gasteiger partial charge in [-0.2, -0.15) is 0 Å². The van der Waals surface area contributed by atoms with Crippen LogP contribution in [0.5, 0.6) is 0 Å². The minimum absolute atomic E-state index is 0.406. The van der Waals surface area contributed by atoms with Gasteiger partial charge in [0.25, 0.3) is 11.1 Å². The second-order valence-electron chi connectivity index (χ2n) is 3.77. The highest BCUT2D eigenvalue weighted by Crippen LogP contribution is 2.26. The molecule has 0 fully saturated rings. The molecule has 0 bridgehead atoms. The van der Waals surface area contributed by atoms with Gasteiger partial charge in [-0.3, -0.25) is 0 Å². The molecule has 0 radical (unpaired) electrons. The lowest BCUT2D eigenvalue weighted by molar-refractivity contribution is 0.447. The second kappa shape index (κ2) is 5.63. The van der Waals surface area contributed by atoms with Crippen LogP contribution in [0.3, 0.4) is 0 Å². The summed E-state index contributed by atoms with van der Waals surface area (Å²) in [7, 11) is 0. The fourth-order valence-electron chi connectivity index (χ4n) is 1.49. The van der Waals surface area contributed by atoms with Crippen LogP contribution in [0.4, 0.5) is 0 Å². The van der Waals surface area contributed by atoms with Crippen molar-refractivity contribution in [2.75, 3.05) is 0 Å². The summed E-state index contributed by atoms with van der Waals surface area (Å²) in [5.41, 5.74) is 1.20. The van der Waals surface area contributed by atoms with Gasteiger partial charge in [-0.05, 0) is 29.8 Å². The maximum absolute atomic E-state index is 5.51. The molecule has 0 aliphatic heterocycles. The zero-order valence-corrected chi connectivity index (χ0v) is 12.1. The van der Waals surface area contributed by atoms with Crippen LogP contribution in [0.25, 0.3) is 11.7 Å².